The van der Waals surface area contributed by atoms with E-state index in [0.29, 0.717) is 0 Å². The van der Waals surface area contributed by atoms with Crippen LogP contribution in [-0.4, -0.2) is 33.7 Å². The predicted molar refractivity (Wildman–Crippen MR) is 84.5 cm³/mol. The average Bonchev–Trinajstić information content (AvgIpc) is 3.04. The molecule has 22 heavy (non-hydrogen) atoms. The van der Waals surface area contributed by atoms with Gasteiger partial charge >= 0.3 is 0 Å². The smallest absolute Gasteiger partial charge is 0.235 e. The number of piperidine rings is 1. The fraction of sp³-hybridized carbons (Fsp3) is 0.412. The van der Waals surface area contributed by atoms with Crippen molar-refractivity contribution in [3.8, 4) is 0 Å². The molecule has 5 heteroatoms. The number of rotatable bonds is 2. The highest BCUT2D eigenvalue weighted by Crippen LogP contribution is 2.44. The monoisotopic (exact) mass is 296 g/mol. The van der Waals surface area contributed by atoms with Crippen molar-refractivity contribution in [2.24, 2.45) is 7.05 Å². The zero-order chi connectivity index (χ0) is 15.2. The molecule has 5 nitrogen and oxygen atoms in total. The molecule has 1 aromatic carbocycles. The maximum Gasteiger partial charge on any atom is 0.235 e. The maximum atomic E-state index is 12.5. The first kappa shape index (κ1) is 13.5. The topological polar surface area (TPSA) is 50.2 Å². The van der Waals surface area contributed by atoms with Crippen LogP contribution in [0, 0.1) is 0 Å². The van der Waals surface area contributed by atoms with Crippen molar-refractivity contribution in [3.63, 3.8) is 0 Å². The number of fused-ring (bicyclic) bond motifs is 2. The molecule has 1 saturated heterocycles. The Kier molecular flexibility index (Phi) is 3.04. The van der Waals surface area contributed by atoms with Crippen molar-refractivity contribution in [2.45, 2.75) is 24.8 Å². The molecule has 114 valence electrons. The lowest BCUT2D eigenvalue weighted by atomic mass is 9.73. The van der Waals surface area contributed by atoms with Crippen LogP contribution in [0.2, 0.25) is 0 Å². The second-order valence-electron chi connectivity index (χ2n) is 6.38. The van der Waals surface area contributed by atoms with Gasteiger partial charge in [-0.1, -0.05) is 18.2 Å². The Balaban J connectivity index is 1.51. The van der Waals surface area contributed by atoms with Gasteiger partial charge in [-0.2, -0.15) is 5.10 Å². The molecule has 4 rings (SSSR count). The molecule has 0 aliphatic carbocycles. The lowest BCUT2D eigenvalue weighted by Crippen LogP contribution is -2.46. The number of benzene rings is 1. The molecule has 0 radical (unpaired) electrons. The number of amides is 1. The fourth-order valence-corrected chi connectivity index (χ4v) is 3.77. The number of carbonyl (C=O) groups excluding carboxylic acids is 1. The number of hydrogen-bond acceptors (Lipinski definition) is 3. The van der Waals surface area contributed by atoms with Gasteiger partial charge in [0.1, 0.15) is 0 Å². The van der Waals surface area contributed by atoms with Gasteiger partial charge in [0.2, 0.25) is 5.91 Å². The second kappa shape index (κ2) is 4.95. The summed E-state index contributed by atoms with van der Waals surface area (Å²) in [6.07, 6.45) is 5.75. The van der Waals surface area contributed by atoms with Crippen molar-refractivity contribution in [2.75, 3.05) is 18.4 Å². The zero-order valence-electron chi connectivity index (χ0n) is 12.7. The van der Waals surface area contributed by atoms with Crippen molar-refractivity contribution < 1.29 is 4.79 Å². The van der Waals surface area contributed by atoms with E-state index in [1.807, 2.05) is 36.1 Å². The van der Waals surface area contributed by atoms with Crippen molar-refractivity contribution >= 4 is 11.6 Å². The molecule has 2 aliphatic rings. The van der Waals surface area contributed by atoms with Crippen LogP contribution in [0.25, 0.3) is 0 Å². The lowest BCUT2D eigenvalue weighted by Gasteiger charge is -2.37. The minimum Gasteiger partial charge on any atom is -0.325 e. The van der Waals surface area contributed by atoms with Crippen LogP contribution in [0.5, 0.6) is 0 Å². The van der Waals surface area contributed by atoms with Crippen molar-refractivity contribution in [1.29, 1.82) is 0 Å². The van der Waals surface area contributed by atoms with Crippen molar-refractivity contribution in [3.05, 3.63) is 47.8 Å². The van der Waals surface area contributed by atoms with Gasteiger partial charge in [0, 0.05) is 31.0 Å². The van der Waals surface area contributed by atoms with Gasteiger partial charge < -0.3 is 5.32 Å². The highest BCUT2D eigenvalue weighted by molar-refractivity contribution is 6.06. The molecule has 1 aromatic heterocycles. The first-order valence-electron chi connectivity index (χ1n) is 7.78. The molecule has 1 amide bonds. The molecule has 2 aliphatic heterocycles. The van der Waals surface area contributed by atoms with Crippen LogP contribution in [-0.2, 0) is 23.8 Å². The SMILES string of the molecule is Cn1cc(CN2CCC3(CC2)C(=O)Nc2ccccc23)cn1. The number of carbonyl (C=O) groups is 1. The Morgan fingerprint density at radius 2 is 2.05 bits per heavy atom. The maximum absolute atomic E-state index is 12.5. The number of aryl methyl sites for hydroxylation is 1. The van der Waals surface area contributed by atoms with Crippen LogP contribution in [0.4, 0.5) is 5.69 Å². The van der Waals surface area contributed by atoms with E-state index in [2.05, 4.69) is 27.6 Å². The third kappa shape index (κ3) is 2.04. The molecule has 0 saturated carbocycles. The Hall–Kier alpha value is -2.14. The highest BCUT2D eigenvalue weighted by Gasteiger charge is 2.48. The van der Waals surface area contributed by atoms with E-state index in [0.717, 1.165) is 38.2 Å². The Morgan fingerprint density at radius 1 is 1.27 bits per heavy atom. The average molecular weight is 296 g/mol. The summed E-state index contributed by atoms with van der Waals surface area (Å²) in [6.45, 7) is 2.79. The Morgan fingerprint density at radius 3 is 2.77 bits per heavy atom. The summed E-state index contributed by atoms with van der Waals surface area (Å²) >= 11 is 0. The van der Waals surface area contributed by atoms with E-state index in [1.54, 1.807) is 0 Å². The Labute approximate surface area is 129 Å². The van der Waals surface area contributed by atoms with Gasteiger partial charge in [0.15, 0.2) is 0 Å². The Bertz CT molecular complexity index is 713. The summed E-state index contributed by atoms with van der Waals surface area (Å²) < 4.78 is 1.83. The number of nitrogens with one attached hydrogen (secondary N) is 1. The van der Waals surface area contributed by atoms with Crippen LogP contribution >= 0.6 is 0 Å². The van der Waals surface area contributed by atoms with E-state index in [4.69, 9.17) is 0 Å². The minimum absolute atomic E-state index is 0.176. The number of para-hydroxylation sites is 1. The highest BCUT2D eigenvalue weighted by atomic mass is 16.2. The van der Waals surface area contributed by atoms with E-state index in [-0.39, 0.29) is 11.3 Å². The molecule has 3 heterocycles. The normalized spacial score (nSPS) is 20.1. The van der Waals surface area contributed by atoms with Gasteiger partial charge in [-0.3, -0.25) is 14.4 Å². The standard InChI is InChI=1S/C17H20N4O/c1-20-11-13(10-18-20)12-21-8-6-17(7-9-21)14-4-2-3-5-15(14)19-16(17)22/h2-5,10-11H,6-9,12H2,1H3,(H,19,22). The number of nitrogens with zero attached hydrogens (tertiary/aromatic N) is 3. The summed E-state index contributed by atoms with van der Waals surface area (Å²) in [5, 5.41) is 7.28. The molecule has 0 unspecified atom stereocenters. The van der Waals surface area contributed by atoms with Gasteiger partial charge in [-0.05, 0) is 37.6 Å². The summed E-state index contributed by atoms with van der Waals surface area (Å²) in [4.78, 5) is 14.9. The first-order chi connectivity index (χ1) is 10.7. The minimum atomic E-state index is -0.317. The molecular weight excluding hydrogens is 276 g/mol. The number of anilines is 1. The molecular formula is C17H20N4O. The van der Waals surface area contributed by atoms with E-state index < -0.39 is 0 Å². The number of hydrogen-bond donors (Lipinski definition) is 1. The van der Waals surface area contributed by atoms with Crippen molar-refractivity contribution in [1.82, 2.24) is 14.7 Å². The lowest BCUT2D eigenvalue weighted by molar-refractivity contribution is -0.122. The molecule has 1 N–H and O–H groups in total. The summed E-state index contributed by atoms with van der Waals surface area (Å²) in [5.41, 5.74) is 3.09. The van der Waals surface area contributed by atoms with E-state index >= 15 is 0 Å². The quantitative estimate of drug-likeness (QED) is 0.921. The largest absolute Gasteiger partial charge is 0.325 e. The zero-order valence-corrected chi connectivity index (χ0v) is 12.7. The van der Waals surface area contributed by atoms with E-state index in [9.17, 15) is 4.79 Å². The van der Waals surface area contributed by atoms with Gasteiger partial charge in [-0.25, -0.2) is 0 Å². The first-order valence-corrected chi connectivity index (χ1v) is 7.78. The number of likely N-dealkylation sites (tertiary alicyclic amines) is 1. The van der Waals surface area contributed by atoms with Crippen LogP contribution in [0.3, 0.4) is 0 Å². The van der Waals surface area contributed by atoms with Gasteiger partial charge in [-0.15, -0.1) is 0 Å². The predicted octanol–water partition coefficient (Wildman–Crippen LogP) is 1.91. The summed E-state index contributed by atoms with van der Waals surface area (Å²) in [6, 6.07) is 8.12. The fourth-order valence-electron chi connectivity index (χ4n) is 3.77. The van der Waals surface area contributed by atoms with Gasteiger partial charge in [0.05, 0.1) is 11.6 Å². The van der Waals surface area contributed by atoms with E-state index in [1.165, 1.54) is 11.1 Å². The second-order valence-corrected chi connectivity index (χ2v) is 6.38. The third-order valence-corrected chi connectivity index (χ3v) is 5.00. The van der Waals surface area contributed by atoms with Gasteiger partial charge in [0.25, 0.3) is 0 Å². The molecule has 0 atom stereocenters. The van der Waals surface area contributed by atoms with Crippen LogP contribution in [0.15, 0.2) is 36.7 Å². The molecule has 1 fully saturated rings. The summed E-state index contributed by atoms with van der Waals surface area (Å²) in [5.74, 6) is 0.176. The van der Waals surface area contributed by atoms with Crippen LogP contribution in [0.1, 0.15) is 24.0 Å². The third-order valence-electron chi connectivity index (χ3n) is 5.00. The molecule has 0 bridgehead atoms. The summed E-state index contributed by atoms with van der Waals surface area (Å²) in [7, 11) is 1.94. The van der Waals surface area contributed by atoms with Crippen LogP contribution < -0.4 is 5.32 Å². The number of aromatic nitrogens is 2. The molecule has 2 aromatic rings. The molecule has 1 spiro atoms.